The number of para-hydroxylation sites is 1. The Balaban J connectivity index is 1.73. The molecule has 1 amide bonds. The second-order valence-electron chi connectivity index (χ2n) is 4.06. The first-order valence-electron chi connectivity index (χ1n) is 5.87. The molecule has 3 aromatic rings. The minimum atomic E-state index is -0.195. The van der Waals surface area contributed by atoms with E-state index in [0.29, 0.717) is 5.56 Å². The highest BCUT2D eigenvalue weighted by Gasteiger charge is 2.06. The van der Waals surface area contributed by atoms with Crippen molar-refractivity contribution >= 4 is 17.2 Å². The van der Waals surface area contributed by atoms with Crippen LogP contribution < -0.4 is 10.9 Å². The SMILES string of the molecule is O=C(NNc1ccccc1)c1ccc2nccn2c1. The zero-order valence-corrected chi connectivity index (χ0v) is 10.1. The Bertz CT molecular complexity index is 706. The van der Waals surface area contributed by atoms with Gasteiger partial charge in [-0.3, -0.25) is 15.6 Å². The summed E-state index contributed by atoms with van der Waals surface area (Å²) in [6.45, 7) is 0. The number of carbonyl (C=O) groups excluding carboxylic acids is 1. The lowest BCUT2D eigenvalue weighted by molar-refractivity contribution is 0.0962. The maximum absolute atomic E-state index is 12.0. The lowest BCUT2D eigenvalue weighted by atomic mass is 10.3. The highest BCUT2D eigenvalue weighted by Crippen LogP contribution is 2.06. The molecule has 0 atom stereocenters. The van der Waals surface area contributed by atoms with Crippen molar-refractivity contribution in [3.8, 4) is 0 Å². The Morgan fingerprint density at radius 2 is 1.95 bits per heavy atom. The summed E-state index contributed by atoms with van der Waals surface area (Å²) in [7, 11) is 0. The van der Waals surface area contributed by atoms with Crippen LogP contribution in [0.5, 0.6) is 0 Å². The predicted octanol–water partition coefficient (Wildman–Crippen LogP) is 2.09. The molecule has 1 aromatic carbocycles. The van der Waals surface area contributed by atoms with Gasteiger partial charge < -0.3 is 4.40 Å². The van der Waals surface area contributed by atoms with Crippen LogP contribution in [0.3, 0.4) is 0 Å². The van der Waals surface area contributed by atoms with Gasteiger partial charge in [0.1, 0.15) is 5.65 Å². The van der Waals surface area contributed by atoms with Gasteiger partial charge in [-0.25, -0.2) is 4.98 Å². The Morgan fingerprint density at radius 3 is 2.79 bits per heavy atom. The first-order chi connectivity index (χ1) is 9.33. The zero-order chi connectivity index (χ0) is 13.1. The molecule has 0 unspecified atom stereocenters. The third kappa shape index (κ3) is 2.40. The molecule has 0 aliphatic rings. The highest BCUT2D eigenvalue weighted by atomic mass is 16.2. The summed E-state index contributed by atoms with van der Waals surface area (Å²) in [6.07, 6.45) is 5.24. The Labute approximate surface area is 109 Å². The van der Waals surface area contributed by atoms with Crippen LogP contribution in [0.25, 0.3) is 5.65 Å². The number of aromatic nitrogens is 2. The summed E-state index contributed by atoms with van der Waals surface area (Å²) in [5.74, 6) is -0.195. The molecule has 0 spiro atoms. The summed E-state index contributed by atoms with van der Waals surface area (Å²) in [5.41, 5.74) is 7.72. The lowest BCUT2D eigenvalue weighted by Gasteiger charge is -2.08. The van der Waals surface area contributed by atoms with E-state index >= 15 is 0 Å². The number of fused-ring (bicyclic) bond motifs is 1. The average Bonchev–Trinajstić information content (AvgIpc) is 2.93. The van der Waals surface area contributed by atoms with Gasteiger partial charge in [0.05, 0.1) is 11.3 Å². The molecule has 2 heterocycles. The summed E-state index contributed by atoms with van der Waals surface area (Å²) >= 11 is 0. The number of anilines is 1. The van der Waals surface area contributed by atoms with Crippen LogP contribution >= 0.6 is 0 Å². The van der Waals surface area contributed by atoms with Crippen molar-refractivity contribution in [2.24, 2.45) is 0 Å². The summed E-state index contributed by atoms with van der Waals surface area (Å²) in [4.78, 5) is 16.1. The molecule has 5 nitrogen and oxygen atoms in total. The summed E-state index contributed by atoms with van der Waals surface area (Å²) in [5, 5.41) is 0. The molecule has 3 rings (SSSR count). The van der Waals surface area contributed by atoms with Gasteiger partial charge in [-0.1, -0.05) is 18.2 Å². The van der Waals surface area contributed by atoms with Crippen molar-refractivity contribution in [2.75, 3.05) is 5.43 Å². The van der Waals surface area contributed by atoms with E-state index in [0.717, 1.165) is 11.3 Å². The van der Waals surface area contributed by atoms with Gasteiger partial charge in [0, 0.05) is 18.6 Å². The van der Waals surface area contributed by atoms with E-state index in [2.05, 4.69) is 15.8 Å². The number of rotatable bonds is 3. The molecule has 0 fully saturated rings. The third-order valence-corrected chi connectivity index (χ3v) is 2.75. The molecule has 5 heteroatoms. The number of hydrogen-bond donors (Lipinski definition) is 2. The first kappa shape index (κ1) is 11.3. The van der Waals surface area contributed by atoms with Crippen LogP contribution in [0.15, 0.2) is 61.1 Å². The molecule has 19 heavy (non-hydrogen) atoms. The fourth-order valence-electron chi connectivity index (χ4n) is 1.78. The molecule has 0 saturated carbocycles. The fraction of sp³-hybridized carbons (Fsp3) is 0. The molecule has 0 radical (unpaired) electrons. The molecule has 0 bridgehead atoms. The summed E-state index contributed by atoms with van der Waals surface area (Å²) in [6, 6.07) is 13.0. The monoisotopic (exact) mass is 252 g/mol. The number of hydrazine groups is 1. The van der Waals surface area contributed by atoms with Crippen molar-refractivity contribution in [3.63, 3.8) is 0 Å². The smallest absolute Gasteiger partial charge is 0.271 e. The predicted molar refractivity (Wildman–Crippen MR) is 72.7 cm³/mol. The minimum Gasteiger partial charge on any atom is -0.306 e. The third-order valence-electron chi connectivity index (χ3n) is 2.75. The van der Waals surface area contributed by atoms with E-state index in [1.807, 2.05) is 30.3 Å². The number of benzene rings is 1. The van der Waals surface area contributed by atoms with E-state index in [-0.39, 0.29) is 5.91 Å². The molecule has 94 valence electrons. The Kier molecular flexibility index (Phi) is 2.86. The fourth-order valence-corrected chi connectivity index (χ4v) is 1.78. The molecule has 0 saturated heterocycles. The highest BCUT2D eigenvalue weighted by molar-refractivity contribution is 5.94. The molecular weight excluding hydrogens is 240 g/mol. The molecule has 0 aliphatic heterocycles. The van der Waals surface area contributed by atoms with Crippen molar-refractivity contribution in [2.45, 2.75) is 0 Å². The maximum atomic E-state index is 12.0. The van der Waals surface area contributed by atoms with Crippen molar-refractivity contribution < 1.29 is 4.79 Å². The molecule has 0 aliphatic carbocycles. The van der Waals surface area contributed by atoms with E-state index < -0.39 is 0 Å². The number of nitrogens with zero attached hydrogens (tertiary/aromatic N) is 2. The van der Waals surface area contributed by atoms with Crippen molar-refractivity contribution in [1.82, 2.24) is 14.8 Å². The van der Waals surface area contributed by atoms with Gasteiger partial charge in [0.15, 0.2) is 0 Å². The summed E-state index contributed by atoms with van der Waals surface area (Å²) < 4.78 is 1.80. The van der Waals surface area contributed by atoms with Crippen molar-refractivity contribution in [3.05, 3.63) is 66.6 Å². The first-order valence-corrected chi connectivity index (χ1v) is 5.87. The van der Waals surface area contributed by atoms with E-state index in [9.17, 15) is 4.79 Å². The average molecular weight is 252 g/mol. The van der Waals surface area contributed by atoms with Crippen LogP contribution in [0.1, 0.15) is 10.4 Å². The number of amides is 1. The van der Waals surface area contributed by atoms with Crippen LogP contribution in [-0.4, -0.2) is 15.3 Å². The van der Waals surface area contributed by atoms with Gasteiger partial charge in [-0.15, -0.1) is 0 Å². The van der Waals surface area contributed by atoms with Crippen LogP contribution in [0.2, 0.25) is 0 Å². The van der Waals surface area contributed by atoms with Gasteiger partial charge in [0.2, 0.25) is 0 Å². The normalized spacial score (nSPS) is 10.3. The number of carbonyl (C=O) groups is 1. The molecular formula is C14H12N4O. The van der Waals surface area contributed by atoms with Gasteiger partial charge in [-0.05, 0) is 24.3 Å². The lowest BCUT2D eigenvalue weighted by Crippen LogP contribution is -2.29. The largest absolute Gasteiger partial charge is 0.306 e. The van der Waals surface area contributed by atoms with Gasteiger partial charge >= 0.3 is 0 Å². The maximum Gasteiger partial charge on any atom is 0.271 e. The zero-order valence-electron chi connectivity index (χ0n) is 10.1. The van der Waals surface area contributed by atoms with Crippen molar-refractivity contribution in [1.29, 1.82) is 0 Å². The molecule has 2 aromatic heterocycles. The quantitative estimate of drug-likeness (QED) is 0.702. The number of pyridine rings is 1. The Hall–Kier alpha value is -2.82. The van der Waals surface area contributed by atoms with Crippen LogP contribution in [0, 0.1) is 0 Å². The topological polar surface area (TPSA) is 58.4 Å². The molecule has 2 N–H and O–H groups in total. The standard InChI is InChI=1S/C14H12N4O/c19-14(17-16-12-4-2-1-3-5-12)11-6-7-13-15-8-9-18(13)10-11/h1-10,16H,(H,17,19). The van der Waals surface area contributed by atoms with E-state index in [1.54, 1.807) is 35.1 Å². The second kappa shape index (κ2) is 4.81. The van der Waals surface area contributed by atoms with Gasteiger partial charge in [0.25, 0.3) is 5.91 Å². The number of nitrogens with one attached hydrogen (secondary N) is 2. The minimum absolute atomic E-state index is 0.195. The number of imidazole rings is 1. The van der Waals surface area contributed by atoms with Gasteiger partial charge in [-0.2, -0.15) is 0 Å². The Morgan fingerprint density at radius 1 is 1.11 bits per heavy atom. The van der Waals surface area contributed by atoms with E-state index in [4.69, 9.17) is 0 Å². The van der Waals surface area contributed by atoms with E-state index in [1.165, 1.54) is 0 Å². The van der Waals surface area contributed by atoms with Crippen LogP contribution in [0.4, 0.5) is 5.69 Å². The number of hydrogen-bond acceptors (Lipinski definition) is 3. The second-order valence-corrected chi connectivity index (χ2v) is 4.06. The van der Waals surface area contributed by atoms with Crippen LogP contribution in [-0.2, 0) is 0 Å².